The summed E-state index contributed by atoms with van der Waals surface area (Å²) in [6.07, 6.45) is 0. The van der Waals surface area contributed by atoms with Crippen molar-refractivity contribution < 1.29 is 9.59 Å². The number of nitrogens with zero attached hydrogens (tertiary/aromatic N) is 1. The van der Waals surface area contributed by atoms with Gasteiger partial charge in [-0.2, -0.15) is 0 Å². The van der Waals surface area contributed by atoms with Gasteiger partial charge >= 0.3 is 0 Å². The first-order valence-corrected chi connectivity index (χ1v) is 5.00. The summed E-state index contributed by atoms with van der Waals surface area (Å²) in [4.78, 5) is 23.3. The van der Waals surface area contributed by atoms with E-state index < -0.39 is 5.91 Å². The lowest BCUT2D eigenvalue weighted by Gasteiger charge is -2.26. The Kier molecular flexibility index (Phi) is 4.98. The molecule has 0 aromatic rings. The standard InChI is InChI=1S/C8H15BrN2O2/c1-5(2)11(4-7(10)12)8(13)6(3)9/h5-6H,4H2,1-3H3,(H2,10,12). The monoisotopic (exact) mass is 250 g/mol. The molecule has 1 unspecified atom stereocenters. The van der Waals surface area contributed by atoms with Gasteiger partial charge in [-0.1, -0.05) is 15.9 Å². The van der Waals surface area contributed by atoms with Gasteiger partial charge in [0.2, 0.25) is 11.8 Å². The molecule has 2 N–H and O–H groups in total. The van der Waals surface area contributed by atoms with E-state index in [-0.39, 0.29) is 23.3 Å². The van der Waals surface area contributed by atoms with Crippen molar-refractivity contribution in [3.8, 4) is 0 Å². The van der Waals surface area contributed by atoms with Crippen LogP contribution in [0.25, 0.3) is 0 Å². The van der Waals surface area contributed by atoms with Gasteiger partial charge in [0.15, 0.2) is 0 Å². The number of hydrogen-bond donors (Lipinski definition) is 1. The van der Waals surface area contributed by atoms with E-state index in [2.05, 4.69) is 15.9 Å². The molecule has 0 aliphatic carbocycles. The van der Waals surface area contributed by atoms with Gasteiger partial charge < -0.3 is 10.6 Å². The summed E-state index contributed by atoms with van der Waals surface area (Å²) in [7, 11) is 0. The fraction of sp³-hybridized carbons (Fsp3) is 0.750. The maximum atomic E-state index is 11.5. The Hall–Kier alpha value is -0.580. The lowest BCUT2D eigenvalue weighted by atomic mass is 10.3. The lowest BCUT2D eigenvalue weighted by Crippen LogP contribution is -2.45. The molecule has 0 saturated heterocycles. The summed E-state index contributed by atoms with van der Waals surface area (Å²) < 4.78 is 0. The van der Waals surface area contributed by atoms with Gasteiger partial charge in [-0.3, -0.25) is 9.59 Å². The summed E-state index contributed by atoms with van der Waals surface area (Å²) in [5.74, 6) is -0.607. The molecule has 0 aliphatic heterocycles. The molecule has 0 heterocycles. The van der Waals surface area contributed by atoms with E-state index in [9.17, 15) is 9.59 Å². The van der Waals surface area contributed by atoms with Crippen LogP contribution >= 0.6 is 15.9 Å². The number of halogens is 1. The molecule has 0 bridgehead atoms. The van der Waals surface area contributed by atoms with E-state index in [4.69, 9.17) is 5.73 Å². The quantitative estimate of drug-likeness (QED) is 0.739. The second kappa shape index (κ2) is 5.21. The Balaban J connectivity index is 4.42. The largest absolute Gasteiger partial charge is 0.368 e. The van der Waals surface area contributed by atoms with Crippen LogP contribution in [0.15, 0.2) is 0 Å². The van der Waals surface area contributed by atoms with Crippen LogP contribution in [-0.2, 0) is 9.59 Å². The molecule has 0 rings (SSSR count). The van der Waals surface area contributed by atoms with Crippen molar-refractivity contribution in [1.82, 2.24) is 4.90 Å². The Morgan fingerprint density at radius 2 is 1.85 bits per heavy atom. The molecule has 0 aromatic heterocycles. The van der Waals surface area contributed by atoms with Gasteiger partial charge in [0.1, 0.15) is 0 Å². The van der Waals surface area contributed by atoms with Crippen LogP contribution in [0.2, 0.25) is 0 Å². The number of alkyl halides is 1. The molecule has 2 amide bonds. The Bertz CT molecular complexity index is 204. The maximum absolute atomic E-state index is 11.5. The normalized spacial score (nSPS) is 12.7. The summed E-state index contributed by atoms with van der Waals surface area (Å²) >= 11 is 3.16. The first-order valence-electron chi connectivity index (χ1n) is 4.09. The number of carbonyl (C=O) groups excluding carboxylic acids is 2. The molecule has 0 saturated carbocycles. The van der Waals surface area contributed by atoms with E-state index in [0.29, 0.717) is 0 Å². The summed E-state index contributed by atoms with van der Waals surface area (Å²) in [5.41, 5.74) is 5.02. The van der Waals surface area contributed by atoms with E-state index in [1.165, 1.54) is 4.90 Å². The maximum Gasteiger partial charge on any atom is 0.237 e. The molecule has 0 aliphatic rings. The van der Waals surface area contributed by atoms with Crippen molar-refractivity contribution in [1.29, 1.82) is 0 Å². The van der Waals surface area contributed by atoms with Gasteiger partial charge in [0.05, 0.1) is 11.4 Å². The molecule has 0 radical (unpaired) electrons. The second-order valence-corrected chi connectivity index (χ2v) is 4.52. The number of rotatable bonds is 4. The minimum absolute atomic E-state index is 0.0139. The van der Waals surface area contributed by atoms with E-state index in [1.807, 2.05) is 13.8 Å². The first-order chi connectivity index (χ1) is 5.86. The molecule has 0 aromatic carbocycles. The third kappa shape index (κ3) is 4.26. The van der Waals surface area contributed by atoms with Crippen LogP contribution in [0.5, 0.6) is 0 Å². The molecule has 1 atom stereocenters. The van der Waals surface area contributed by atoms with Crippen LogP contribution in [0.4, 0.5) is 0 Å². The topological polar surface area (TPSA) is 63.4 Å². The predicted octanol–water partition coefficient (Wildman–Crippen LogP) is 0.492. The number of amides is 2. The Morgan fingerprint density at radius 3 is 2.08 bits per heavy atom. The third-order valence-electron chi connectivity index (χ3n) is 1.57. The van der Waals surface area contributed by atoms with Crippen molar-refractivity contribution in [3.05, 3.63) is 0 Å². The highest BCUT2D eigenvalue weighted by atomic mass is 79.9. The lowest BCUT2D eigenvalue weighted by molar-refractivity contribution is -0.136. The highest BCUT2D eigenvalue weighted by Crippen LogP contribution is 2.07. The van der Waals surface area contributed by atoms with Crippen molar-refractivity contribution in [3.63, 3.8) is 0 Å². The SMILES string of the molecule is CC(Br)C(=O)N(CC(N)=O)C(C)C. The number of carbonyl (C=O) groups is 2. The smallest absolute Gasteiger partial charge is 0.237 e. The zero-order chi connectivity index (χ0) is 10.6. The van der Waals surface area contributed by atoms with Crippen LogP contribution in [0, 0.1) is 0 Å². The fourth-order valence-corrected chi connectivity index (χ4v) is 1.17. The molecule has 5 heteroatoms. The third-order valence-corrected chi connectivity index (χ3v) is 1.96. The summed E-state index contributed by atoms with van der Waals surface area (Å²) in [5, 5.41) is 0. The average Bonchev–Trinajstić information content (AvgIpc) is 1.97. The van der Waals surface area contributed by atoms with Crippen LogP contribution < -0.4 is 5.73 Å². The second-order valence-electron chi connectivity index (χ2n) is 3.14. The van der Waals surface area contributed by atoms with Gasteiger partial charge in [-0.05, 0) is 20.8 Å². The zero-order valence-corrected chi connectivity index (χ0v) is 9.67. The highest BCUT2D eigenvalue weighted by molar-refractivity contribution is 9.10. The van der Waals surface area contributed by atoms with Crippen molar-refractivity contribution in [2.45, 2.75) is 31.6 Å². The van der Waals surface area contributed by atoms with Crippen LogP contribution in [-0.4, -0.2) is 34.1 Å². The molecular weight excluding hydrogens is 236 g/mol. The molecule has 13 heavy (non-hydrogen) atoms. The van der Waals surface area contributed by atoms with Gasteiger partial charge in [-0.15, -0.1) is 0 Å². The molecule has 0 spiro atoms. The van der Waals surface area contributed by atoms with E-state index in [1.54, 1.807) is 6.92 Å². The van der Waals surface area contributed by atoms with E-state index >= 15 is 0 Å². The Labute approximate surface area is 86.6 Å². The number of nitrogens with two attached hydrogens (primary N) is 1. The average molecular weight is 251 g/mol. The van der Waals surface area contributed by atoms with Crippen molar-refractivity contribution >= 4 is 27.7 Å². The molecule has 4 nitrogen and oxygen atoms in total. The summed E-state index contributed by atoms with van der Waals surface area (Å²) in [6, 6.07) is -0.0139. The van der Waals surface area contributed by atoms with Crippen molar-refractivity contribution in [2.24, 2.45) is 5.73 Å². The highest BCUT2D eigenvalue weighted by Gasteiger charge is 2.21. The van der Waals surface area contributed by atoms with Gasteiger partial charge in [0.25, 0.3) is 0 Å². The zero-order valence-electron chi connectivity index (χ0n) is 8.08. The molecule has 76 valence electrons. The minimum Gasteiger partial charge on any atom is -0.368 e. The van der Waals surface area contributed by atoms with Crippen molar-refractivity contribution in [2.75, 3.05) is 6.54 Å². The fourth-order valence-electron chi connectivity index (χ4n) is 0.911. The Morgan fingerprint density at radius 1 is 1.38 bits per heavy atom. The first kappa shape index (κ1) is 12.4. The number of hydrogen-bond acceptors (Lipinski definition) is 2. The minimum atomic E-state index is -0.491. The van der Waals surface area contributed by atoms with E-state index in [0.717, 1.165) is 0 Å². The summed E-state index contributed by atoms with van der Waals surface area (Å²) in [6.45, 7) is 5.39. The van der Waals surface area contributed by atoms with Crippen LogP contribution in [0.1, 0.15) is 20.8 Å². The molecular formula is C8H15BrN2O2. The van der Waals surface area contributed by atoms with Gasteiger partial charge in [0, 0.05) is 6.04 Å². The number of primary amides is 1. The van der Waals surface area contributed by atoms with Crippen LogP contribution in [0.3, 0.4) is 0 Å². The predicted molar refractivity (Wildman–Crippen MR) is 54.4 cm³/mol. The van der Waals surface area contributed by atoms with Gasteiger partial charge in [-0.25, -0.2) is 0 Å². The molecule has 0 fully saturated rings.